The average molecular weight is 253 g/mol. The van der Waals surface area contributed by atoms with Gasteiger partial charge in [-0.15, -0.1) is 0 Å². The summed E-state index contributed by atoms with van der Waals surface area (Å²) in [6.45, 7) is 4.37. The minimum absolute atomic E-state index is 0.476. The van der Waals surface area contributed by atoms with E-state index >= 15 is 0 Å². The molecule has 0 unspecified atom stereocenters. The second kappa shape index (κ2) is 7.94. The highest BCUT2D eigenvalue weighted by atomic mass is 35.5. The van der Waals surface area contributed by atoms with Crippen molar-refractivity contribution in [2.24, 2.45) is 0 Å². The molecule has 0 aliphatic carbocycles. The molecular weight excluding hydrogens is 236 g/mol. The van der Waals surface area contributed by atoms with E-state index in [9.17, 15) is 0 Å². The Morgan fingerprint density at radius 3 is 2.88 bits per heavy atom. The van der Waals surface area contributed by atoms with Gasteiger partial charge in [0.15, 0.2) is 0 Å². The molecule has 0 atom stereocenters. The van der Waals surface area contributed by atoms with E-state index in [2.05, 4.69) is 12.2 Å². The quantitative estimate of drug-likeness (QED) is 0.756. The lowest BCUT2D eigenvalue weighted by Crippen LogP contribution is -2.09. The lowest BCUT2D eigenvalue weighted by Gasteiger charge is -2.07. The maximum Gasteiger partial charge on any atom is 0.101 e. The van der Waals surface area contributed by atoms with Crippen molar-refractivity contribution in [1.82, 2.24) is 0 Å². The molecule has 0 aliphatic heterocycles. The first kappa shape index (κ1) is 13.8. The zero-order valence-electron chi connectivity index (χ0n) is 10.0. The number of nitrogens with one attached hydrogen (secondary N) is 1. The van der Waals surface area contributed by atoms with Crippen LogP contribution >= 0.6 is 11.6 Å². The Hall–Kier alpha value is -1.24. The molecule has 4 heteroatoms. The Morgan fingerprint density at radius 1 is 1.41 bits per heavy atom. The fourth-order valence-corrected chi connectivity index (χ4v) is 1.55. The third-order valence-electron chi connectivity index (χ3n) is 2.31. The van der Waals surface area contributed by atoms with E-state index in [1.807, 2.05) is 12.1 Å². The number of nitriles is 1. The van der Waals surface area contributed by atoms with Crippen molar-refractivity contribution in [1.29, 1.82) is 5.26 Å². The van der Waals surface area contributed by atoms with Crippen molar-refractivity contribution in [3.05, 3.63) is 28.8 Å². The molecule has 0 saturated carbocycles. The molecule has 1 aromatic carbocycles. The molecule has 3 nitrogen and oxygen atoms in total. The van der Waals surface area contributed by atoms with Crippen molar-refractivity contribution in [3.8, 4) is 6.07 Å². The number of benzene rings is 1. The predicted octanol–water partition coefficient (Wildman–Crippen LogP) is 3.44. The van der Waals surface area contributed by atoms with Crippen LogP contribution < -0.4 is 5.32 Å². The van der Waals surface area contributed by atoms with Gasteiger partial charge in [-0.2, -0.15) is 5.26 Å². The van der Waals surface area contributed by atoms with Crippen LogP contribution in [-0.2, 0) is 4.74 Å². The zero-order chi connectivity index (χ0) is 12.5. The van der Waals surface area contributed by atoms with Crippen LogP contribution in [0.2, 0.25) is 5.02 Å². The smallest absolute Gasteiger partial charge is 0.101 e. The van der Waals surface area contributed by atoms with E-state index in [1.165, 1.54) is 0 Å². The zero-order valence-corrected chi connectivity index (χ0v) is 10.8. The highest BCUT2D eigenvalue weighted by Crippen LogP contribution is 2.19. The number of halogens is 1. The summed E-state index contributed by atoms with van der Waals surface area (Å²) in [7, 11) is 0. The lowest BCUT2D eigenvalue weighted by molar-refractivity contribution is 0.141. The minimum Gasteiger partial charge on any atom is -0.383 e. The second-order valence-corrected chi connectivity index (χ2v) is 4.11. The maximum absolute atomic E-state index is 8.73. The largest absolute Gasteiger partial charge is 0.383 e. The Morgan fingerprint density at radius 2 is 2.24 bits per heavy atom. The summed E-state index contributed by atoms with van der Waals surface area (Å²) < 4.78 is 5.42. The van der Waals surface area contributed by atoms with Gasteiger partial charge in [0.1, 0.15) is 6.07 Å². The number of hydrogen-bond acceptors (Lipinski definition) is 3. The van der Waals surface area contributed by atoms with Crippen molar-refractivity contribution >= 4 is 17.3 Å². The summed E-state index contributed by atoms with van der Waals surface area (Å²) in [6.07, 6.45) is 2.25. The van der Waals surface area contributed by atoms with E-state index < -0.39 is 0 Å². The third kappa shape index (κ3) is 5.08. The topological polar surface area (TPSA) is 45.0 Å². The van der Waals surface area contributed by atoms with Crippen LogP contribution in [0, 0.1) is 11.3 Å². The maximum atomic E-state index is 8.73. The molecule has 17 heavy (non-hydrogen) atoms. The summed E-state index contributed by atoms with van der Waals surface area (Å²) in [6, 6.07) is 7.34. The lowest BCUT2D eigenvalue weighted by atomic mass is 10.2. The van der Waals surface area contributed by atoms with E-state index in [0.717, 1.165) is 31.7 Å². The van der Waals surface area contributed by atoms with Crippen LogP contribution in [0.1, 0.15) is 25.3 Å². The number of unbranched alkanes of at least 4 members (excludes halogenated alkanes) is 1. The minimum atomic E-state index is 0.476. The third-order valence-corrected chi connectivity index (χ3v) is 2.62. The summed E-state index contributed by atoms with van der Waals surface area (Å²) in [4.78, 5) is 0. The van der Waals surface area contributed by atoms with Gasteiger partial charge >= 0.3 is 0 Å². The summed E-state index contributed by atoms with van der Waals surface area (Å²) >= 11 is 5.92. The average Bonchev–Trinajstić information content (AvgIpc) is 2.34. The molecule has 1 rings (SSSR count). The van der Waals surface area contributed by atoms with Crippen molar-refractivity contribution in [2.45, 2.75) is 19.8 Å². The van der Waals surface area contributed by atoms with Gasteiger partial charge in [0.25, 0.3) is 0 Å². The molecule has 0 amide bonds. The first-order valence-corrected chi connectivity index (χ1v) is 6.17. The molecule has 0 fully saturated rings. The fraction of sp³-hybridized carbons (Fsp3) is 0.462. The normalized spacial score (nSPS) is 9.94. The van der Waals surface area contributed by atoms with Crippen molar-refractivity contribution < 1.29 is 4.74 Å². The SMILES string of the molecule is CCCCOCCNc1ccc(C#N)c(Cl)c1. The van der Waals surface area contributed by atoms with Crippen LogP contribution in [0.4, 0.5) is 5.69 Å². The molecule has 92 valence electrons. The van der Waals surface area contributed by atoms with Crippen molar-refractivity contribution in [3.63, 3.8) is 0 Å². The van der Waals surface area contributed by atoms with Crippen LogP contribution in [0.15, 0.2) is 18.2 Å². The Balaban J connectivity index is 2.28. The first-order chi connectivity index (χ1) is 8.27. The molecule has 0 aliphatic rings. The van der Waals surface area contributed by atoms with Gasteiger partial charge < -0.3 is 10.1 Å². The molecule has 0 heterocycles. The Labute approximate surface area is 107 Å². The van der Waals surface area contributed by atoms with Crippen LogP contribution in [0.25, 0.3) is 0 Å². The van der Waals surface area contributed by atoms with Gasteiger partial charge in [0, 0.05) is 18.8 Å². The van der Waals surface area contributed by atoms with E-state index in [4.69, 9.17) is 21.6 Å². The monoisotopic (exact) mass is 252 g/mol. The van der Waals surface area contributed by atoms with E-state index in [-0.39, 0.29) is 0 Å². The number of rotatable bonds is 7. The standard InChI is InChI=1S/C13H17ClN2O/c1-2-3-7-17-8-6-16-12-5-4-11(10-15)13(14)9-12/h4-5,9,16H,2-3,6-8H2,1H3. The van der Waals surface area contributed by atoms with Gasteiger partial charge in [-0.1, -0.05) is 24.9 Å². The Bertz CT molecular complexity index is 387. The van der Waals surface area contributed by atoms with E-state index in [0.29, 0.717) is 17.2 Å². The first-order valence-electron chi connectivity index (χ1n) is 5.79. The van der Waals surface area contributed by atoms with Gasteiger partial charge in [-0.25, -0.2) is 0 Å². The van der Waals surface area contributed by atoms with Crippen LogP contribution in [0.3, 0.4) is 0 Å². The predicted molar refractivity (Wildman–Crippen MR) is 70.4 cm³/mol. The van der Waals surface area contributed by atoms with E-state index in [1.54, 1.807) is 12.1 Å². The van der Waals surface area contributed by atoms with Gasteiger partial charge in [0.05, 0.1) is 17.2 Å². The molecule has 1 N–H and O–H groups in total. The number of hydrogen-bond donors (Lipinski definition) is 1. The summed E-state index contributed by atoms with van der Waals surface area (Å²) in [5.74, 6) is 0. The van der Waals surface area contributed by atoms with Gasteiger partial charge in [-0.05, 0) is 24.6 Å². The number of anilines is 1. The molecule has 0 bridgehead atoms. The summed E-state index contributed by atoms with van der Waals surface area (Å²) in [5.41, 5.74) is 1.41. The van der Waals surface area contributed by atoms with Gasteiger partial charge in [-0.3, -0.25) is 0 Å². The highest BCUT2D eigenvalue weighted by Gasteiger charge is 2.00. The van der Waals surface area contributed by atoms with Crippen molar-refractivity contribution in [2.75, 3.05) is 25.1 Å². The van der Waals surface area contributed by atoms with Gasteiger partial charge in [0.2, 0.25) is 0 Å². The molecule has 0 spiro atoms. The Kier molecular flexibility index (Phi) is 6.46. The number of ether oxygens (including phenoxy) is 1. The fourth-order valence-electron chi connectivity index (χ4n) is 1.33. The molecule has 0 radical (unpaired) electrons. The van der Waals surface area contributed by atoms with Crippen LogP contribution in [0.5, 0.6) is 0 Å². The highest BCUT2D eigenvalue weighted by molar-refractivity contribution is 6.32. The molecule has 1 aromatic rings. The molecule has 0 aromatic heterocycles. The second-order valence-electron chi connectivity index (χ2n) is 3.70. The number of nitrogens with zero attached hydrogens (tertiary/aromatic N) is 1. The summed E-state index contributed by atoms with van der Waals surface area (Å²) in [5, 5.41) is 12.4. The molecular formula is C13H17ClN2O. The molecule has 0 saturated heterocycles. The van der Waals surface area contributed by atoms with Crippen LogP contribution in [-0.4, -0.2) is 19.8 Å².